The number of nitrogens with one attached hydrogen (secondary N) is 1. The zero-order chi connectivity index (χ0) is 15.5. The lowest BCUT2D eigenvalue weighted by Gasteiger charge is -2.12. The van der Waals surface area contributed by atoms with Gasteiger partial charge in [-0.1, -0.05) is 23.8 Å². The van der Waals surface area contributed by atoms with E-state index in [0.29, 0.717) is 12.0 Å². The molecule has 0 saturated carbocycles. The van der Waals surface area contributed by atoms with E-state index in [-0.39, 0.29) is 16.1 Å². The summed E-state index contributed by atoms with van der Waals surface area (Å²) in [5, 5.41) is 0. The van der Waals surface area contributed by atoms with Crippen LogP contribution in [0.3, 0.4) is 0 Å². The van der Waals surface area contributed by atoms with Gasteiger partial charge in [-0.15, -0.1) is 0 Å². The fourth-order valence-electron chi connectivity index (χ4n) is 1.85. The number of sulfonamides is 1. The number of hydrogen-bond donors (Lipinski definition) is 1. The first-order valence-electron chi connectivity index (χ1n) is 6.19. The van der Waals surface area contributed by atoms with E-state index in [1.807, 2.05) is 6.92 Å². The Labute approximate surface area is 123 Å². The summed E-state index contributed by atoms with van der Waals surface area (Å²) in [5.41, 5.74) is 1.31. The Balaban J connectivity index is 2.41. The van der Waals surface area contributed by atoms with E-state index < -0.39 is 10.0 Å². The van der Waals surface area contributed by atoms with Crippen LogP contribution in [0.25, 0.3) is 0 Å². The zero-order valence-electron chi connectivity index (χ0n) is 11.7. The number of aryl methyl sites for hydroxylation is 1. The first-order valence-corrected chi connectivity index (χ1v) is 7.68. The smallest absolute Gasteiger partial charge is 0.261 e. The van der Waals surface area contributed by atoms with Crippen molar-refractivity contribution in [2.24, 2.45) is 0 Å². The molecule has 0 spiro atoms. The first-order chi connectivity index (χ1) is 9.97. The molecule has 0 fully saturated rings. The summed E-state index contributed by atoms with van der Waals surface area (Å²) < 4.78 is 32.1. The lowest BCUT2D eigenvalue weighted by atomic mass is 10.2. The Bertz CT molecular complexity index is 752. The molecule has 0 bridgehead atoms. The third-order valence-corrected chi connectivity index (χ3v) is 4.36. The van der Waals surface area contributed by atoms with Crippen molar-refractivity contribution in [3.8, 4) is 5.75 Å². The molecule has 0 amide bonds. The summed E-state index contributed by atoms with van der Waals surface area (Å²) in [6.07, 6.45) is 0.561. The average molecular weight is 305 g/mol. The molecule has 0 aliphatic carbocycles. The van der Waals surface area contributed by atoms with Gasteiger partial charge >= 0.3 is 0 Å². The fraction of sp³-hybridized carbons (Fsp3) is 0.133. The molecule has 0 atom stereocenters. The van der Waals surface area contributed by atoms with E-state index in [1.54, 1.807) is 24.3 Å². The molecule has 0 unspecified atom stereocenters. The monoisotopic (exact) mass is 305 g/mol. The van der Waals surface area contributed by atoms with Gasteiger partial charge in [0.2, 0.25) is 0 Å². The van der Waals surface area contributed by atoms with Crippen molar-refractivity contribution in [3.63, 3.8) is 0 Å². The summed E-state index contributed by atoms with van der Waals surface area (Å²) in [6, 6.07) is 11.2. The van der Waals surface area contributed by atoms with Gasteiger partial charge in [-0.25, -0.2) is 8.42 Å². The van der Waals surface area contributed by atoms with Crippen LogP contribution < -0.4 is 9.46 Å². The molecule has 5 nitrogen and oxygen atoms in total. The molecular formula is C15H15NO4S. The number of rotatable bonds is 5. The summed E-state index contributed by atoms with van der Waals surface area (Å²) in [5.74, 6) is 0.314. The first kappa shape index (κ1) is 15.1. The second-order valence-corrected chi connectivity index (χ2v) is 6.14. The second kappa shape index (κ2) is 5.97. The molecule has 1 N–H and O–H groups in total. The average Bonchev–Trinajstić information content (AvgIpc) is 2.47. The molecule has 0 aliphatic rings. The van der Waals surface area contributed by atoms with E-state index in [4.69, 9.17) is 4.74 Å². The highest BCUT2D eigenvalue weighted by atomic mass is 32.2. The minimum absolute atomic E-state index is 0.132. The van der Waals surface area contributed by atoms with Crippen molar-refractivity contribution >= 4 is 22.0 Å². The predicted molar refractivity (Wildman–Crippen MR) is 80.4 cm³/mol. The van der Waals surface area contributed by atoms with E-state index in [1.165, 1.54) is 25.3 Å². The van der Waals surface area contributed by atoms with E-state index in [2.05, 4.69) is 4.72 Å². The third kappa shape index (κ3) is 3.22. The number of carbonyl (C=O) groups excluding carboxylic acids is 1. The maximum Gasteiger partial charge on any atom is 0.261 e. The number of hydrogen-bond acceptors (Lipinski definition) is 4. The topological polar surface area (TPSA) is 72.5 Å². The molecular weight excluding hydrogens is 290 g/mol. The number of ether oxygens (including phenoxy) is 1. The predicted octanol–water partition coefficient (Wildman–Crippen LogP) is 2.62. The van der Waals surface area contributed by atoms with Gasteiger partial charge in [0, 0.05) is 0 Å². The van der Waals surface area contributed by atoms with Gasteiger partial charge in [0.15, 0.2) is 6.29 Å². The highest BCUT2D eigenvalue weighted by Crippen LogP contribution is 2.26. The molecule has 2 aromatic rings. The van der Waals surface area contributed by atoms with Crippen LogP contribution in [-0.4, -0.2) is 21.8 Å². The standard InChI is InChI=1S/C15H15NO4S/c1-11-6-8-12(9-7-11)21(18,19)16-14-4-3-5-15(20-2)13(14)10-17/h3-10,16H,1-2H3. The number of carbonyl (C=O) groups is 1. The van der Waals surface area contributed by atoms with Crippen LogP contribution >= 0.6 is 0 Å². The van der Waals surface area contributed by atoms with Crippen molar-refractivity contribution in [3.05, 3.63) is 53.6 Å². The zero-order valence-corrected chi connectivity index (χ0v) is 12.5. The maximum absolute atomic E-state index is 12.3. The minimum Gasteiger partial charge on any atom is -0.496 e. The van der Waals surface area contributed by atoms with Gasteiger partial charge in [-0.2, -0.15) is 0 Å². The van der Waals surface area contributed by atoms with Crippen LogP contribution in [0.1, 0.15) is 15.9 Å². The molecule has 0 saturated heterocycles. The molecule has 2 rings (SSSR count). The Morgan fingerprint density at radius 3 is 2.33 bits per heavy atom. The Kier molecular flexibility index (Phi) is 4.28. The molecule has 0 aromatic heterocycles. The highest BCUT2D eigenvalue weighted by molar-refractivity contribution is 7.92. The van der Waals surface area contributed by atoms with Crippen LogP contribution in [0.4, 0.5) is 5.69 Å². The van der Waals surface area contributed by atoms with Crippen molar-refractivity contribution in [1.82, 2.24) is 0 Å². The molecule has 0 aliphatic heterocycles. The SMILES string of the molecule is COc1cccc(NS(=O)(=O)c2ccc(C)cc2)c1C=O. The largest absolute Gasteiger partial charge is 0.496 e. The van der Waals surface area contributed by atoms with E-state index in [9.17, 15) is 13.2 Å². The minimum atomic E-state index is -3.75. The highest BCUT2D eigenvalue weighted by Gasteiger charge is 2.17. The van der Waals surface area contributed by atoms with E-state index in [0.717, 1.165) is 5.56 Å². The summed E-state index contributed by atoms with van der Waals surface area (Å²) in [4.78, 5) is 11.3. The Morgan fingerprint density at radius 1 is 1.10 bits per heavy atom. The summed E-state index contributed by atoms with van der Waals surface area (Å²) in [6.45, 7) is 1.87. The van der Waals surface area contributed by atoms with Crippen molar-refractivity contribution < 1.29 is 17.9 Å². The summed E-state index contributed by atoms with van der Waals surface area (Å²) >= 11 is 0. The number of methoxy groups -OCH3 is 1. The van der Waals surface area contributed by atoms with Crippen molar-refractivity contribution in [2.45, 2.75) is 11.8 Å². The second-order valence-electron chi connectivity index (χ2n) is 4.46. The van der Waals surface area contributed by atoms with Gasteiger partial charge in [0.05, 0.1) is 23.3 Å². The number of aldehydes is 1. The quantitative estimate of drug-likeness (QED) is 0.862. The van der Waals surface area contributed by atoms with Gasteiger partial charge in [-0.05, 0) is 31.2 Å². The van der Waals surface area contributed by atoms with Crippen LogP contribution in [0.2, 0.25) is 0 Å². The lowest BCUT2D eigenvalue weighted by molar-refractivity contribution is 0.112. The lowest BCUT2D eigenvalue weighted by Crippen LogP contribution is -2.14. The molecule has 0 radical (unpaired) electrons. The molecule has 0 heterocycles. The molecule has 21 heavy (non-hydrogen) atoms. The van der Waals surface area contributed by atoms with Crippen LogP contribution in [0.5, 0.6) is 5.75 Å². The van der Waals surface area contributed by atoms with Crippen molar-refractivity contribution in [2.75, 3.05) is 11.8 Å². The fourth-order valence-corrected chi connectivity index (χ4v) is 2.93. The van der Waals surface area contributed by atoms with Crippen LogP contribution in [0, 0.1) is 6.92 Å². The normalized spacial score (nSPS) is 11.0. The van der Waals surface area contributed by atoms with Gasteiger partial charge in [0.1, 0.15) is 5.75 Å². The molecule has 2 aromatic carbocycles. The van der Waals surface area contributed by atoms with Crippen LogP contribution in [0.15, 0.2) is 47.4 Å². The van der Waals surface area contributed by atoms with Crippen molar-refractivity contribution in [1.29, 1.82) is 0 Å². The molecule has 110 valence electrons. The van der Waals surface area contributed by atoms with Gasteiger partial charge < -0.3 is 4.74 Å². The third-order valence-electron chi connectivity index (χ3n) is 2.98. The molecule has 6 heteroatoms. The Morgan fingerprint density at radius 2 is 1.76 bits per heavy atom. The van der Waals surface area contributed by atoms with Gasteiger partial charge in [0.25, 0.3) is 10.0 Å². The number of benzene rings is 2. The Hall–Kier alpha value is -2.34. The van der Waals surface area contributed by atoms with Crippen LogP contribution in [-0.2, 0) is 10.0 Å². The van der Waals surface area contributed by atoms with E-state index >= 15 is 0 Å². The van der Waals surface area contributed by atoms with Gasteiger partial charge in [-0.3, -0.25) is 9.52 Å². The summed E-state index contributed by atoms with van der Waals surface area (Å²) in [7, 11) is -2.33. The maximum atomic E-state index is 12.3. The number of anilines is 1.